The number of carbonyl (C=O) groups excluding carboxylic acids is 1. The molecule has 0 saturated heterocycles. The smallest absolute Gasteiger partial charge is 0.422 e. The number of aryl methyl sites for hydroxylation is 1. The summed E-state index contributed by atoms with van der Waals surface area (Å²) in [6.07, 6.45) is -3.38. The number of rotatable bonds is 6. The first-order valence-electron chi connectivity index (χ1n) is 9.85. The number of hydrogen-bond acceptors (Lipinski definition) is 7. The predicted octanol–water partition coefficient (Wildman–Crippen LogP) is 3.84. The third-order valence-corrected chi connectivity index (χ3v) is 6.34. The van der Waals surface area contributed by atoms with Gasteiger partial charge in [-0.15, -0.1) is 11.3 Å². The van der Waals surface area contributed by atoms with Crippen molar-refractivity contribution < 1.29 is 27.1 Å². The fourth-order valence-electron chi connectivity index (χ4n) is 3.29. The fraction of sp³-hybridized carbons (Fsp3) is 0.238. The number of halogens is 4. The number of benzene rings is 1. The van der Waals surface area contributed by atoms with E-state index in [0.717, 1.165) is 15.9 Å². The molecule has 1 amide bonds. The van der Waals surface area contributed by atoms with Crippen molar-refractivity contribution >= 4 is 49.4 Å². The number of ether oxygens (including phenoxy) is 1. The Morgan fingerprint density at radius 3 is 2.69 bits per heavy atom. The van der Waals surface area contributed by atoms with Gasteiger partial charge in [-0.2, -0.15) is 13.2 Å². The van der Waals surface area contributed by atoms with Gasteiger partial charge in [0.1, 0.15) is 11.1 Å². The van der Waals surface area contributed by atoms with Gasteiger partial charge in [-0.3, -0.25) is 18.7 Å². The predicted molar refractivity (Wildman–Crippen MR) is 126 cm³/mol. The van der Waals surface area contributed by atoms with Gasteiger partial charge in [-0.05, 0) is 34.1 Å². The first kappa shape index (κ1) is 24.7. The van der Waals surface area contributed by atoms with Crippen LogP contribution in [0.1, 0.15) is 5.56 Å². The lowest BCUT2D eigenvalue weighted by atomic mass is 10.1. The summed E-state index contributed by atoms with van der Waals surface area (Å²) in [7, 11) is 2.80. The summed E-state index contributed by atoms with van der Waals surface area (Å²) in [5.41, 5.74) is 0.373. The number of nitrogens with zero attached hydrogens (tertiary/aromatic N) is 3. The van der Waals surface area contributed by atoms with Gasteiger partial charge >= 0.3 is 11.9 Å². The molecular weight excluding hydrogens is 557 g/mol. The average Bonchev–Trinajstić information content (AvgIpc) is 3.42. The molecule has 4 aromatic rings. The SMILES string of the molecule is Cn1c(=O)c2c(CC(=O)Nc3nc(-c4ccc(OCC(F)(F)F)c(Br)c4)cs3)coc2n(C)c1=O. The highest BCUT2D eigenvalue weighted by Gasteiger charge is 2.28. The number of thiazole rings is 1. The number of hydrogen-bond donors (Lipinski definition) is 1. The minimum atomic E-state index is -4.45. The van der Waals surface area contributed by atoms with Gasteiger partial charge in [-0.25, -0.2) is 9.78 Å². The van der Waals surface area contributed by atoms with E-state index in [2.05, 4.69) is 26.2 Å². The van der Waals surface area contributed by atoms with Gasteiger partial charge in [0.25, 0.3) is 5.56 Å². The summed E-state index contributed by atoms with van der Waals surface area (Å²) in [5, 5.41) is 4.74. The quantitative estimate of drug-likeness (QED) is 0.376. The second-order valence-corrected chi connectivity index (χ2v) is 9.17. The maximum absolute atomic E-state index is 12.6. The molecule has 1 N–H and O–H groups in total. The number of furan rings is 1. The summed E-state index contributed by atoms with van der Waals surface area (Å²) in [5.74, 6) is -0.424. The van der Waals surface area contributed by atoms with Crippen LogP contribution in [0, 0.1) is 0 Å². The lowest BCUT2D eigenvalue weighted by Gasteiger charge is -2.11. The molecule has 0 bridgehead atoms. The van der Waals surface area contributed by atoms with Gasteiger partial charge < -0.3 is 14.5 Å². The topological polar surface area (TPSA) is 108 Å². The highest BCUT2D eigenvalue weighted by Crippen LogP contribution is 2.33. The molecular formula is C21H16BrF3N4O5S. The van der Waals surface area contributed by atoms with E-state index in [1.54, 1.807) is 17.5 Å². The minimum absolute atomic E-state index is 0.0332. The van der Waals surface area contributed by atoms with Crippen LogP contribution in [0.5, 0.6) is 5.75 Å². The van der Waals surface area contributed by atoms with E-state index >= 15 is 0 Å². The van der Waals surface area contributed by atoms with Crippen LogP contribution in [0.25, 0.3) is 22.4 Å². The lowest BCUT2D eigenvalue weighted by Crippen LogP contribution is -2.36. The maximum atomic E-state index is 12.6. The average molecular weight is 573 g/mol. The Morgan fingerprint density at radius 2 is 2.00 bits per heavy atom. The molecule has 0 spiro atoms. The van der Waals surface area contributed by atoms with Gasteiger partial charge in [0.15, 0.2) is 11.7 Å². The normalized spacial score (nSPS) is 11.7. The van der Waals surface area contributed by atoms with Crippen molar-refractivity contribution in [1.82, 2.24) is 14.1 Å². The van der Waals surface area contributed by atoms with Crippen molar-refractivity contribution in [3.63, 3.8) is 0 Å². The molecule has 14 heteroatoms. The number of fused-ring (bicyclic) bond motifs is 1. The van der Waals surface area contributed by atoms with Gasteiger partial charge in [0.2, 0.25) is 11.6 Å². The van der Waals surface area contributed by atoms with Crippen molar-refractivity contribution in [1.29, 1.82) is 0 Å². The Balaban J connectivity index is 1.48. The molecule has 3 aromatic heterocycles. The molecule has 0 aliphatic carbocycles. The van der Waals surface area contributed by atoms with E-state index < -0.39 is 29.9 Å². The zero-order chi connectivity index (χ0) is 25.5. The summed E-state index contributed by atoms with van der Waals surface area (Å²) in [4.78, 5) is 41.5. The molecule has 0 saturated carbocycles. The van der Waals surface area contributed by atoms with Crippen LogP contribution in [0.3, 0.4) is 0 Å². The van der Waals surface area contributed by atoms with Crippen molar-refractivity contribution in [2.45, 2.75) is 12.6 Å². The molecule has 0 atom stereocenters. The van der Waals surface area contributed by atoms with Crippen LogP contribution in [0.2, 0.25) is 0 Å². The number of nitrogens with one attached hydrogen (secondary N) is 1. The minimum Gasteiger partial charge on any atom is -0.483 e. The zero-order valence-corrected chi connectivity index (χ0v) is 20.5. The second-order valence-electron chi connectivity index (χ2n) is 7.46. The van der Waals surface area contributed by atoms with Crippen LogP contribution in [0.15, 0.2) is 48.3 Å². The Morgan fingerprint density at radius 1 is 1.26 bits per heavy atom. The first-order chi connectivity index (χ1) is 16.4. The highest BCUT2D eigenvalue weighted by atomic mass is 79.9. The standard InChI is InChI=1S/C21H16BrF3N4O5S/c1-28-17(31)16-11(7-33-18(16)29(2)20(28)32)6-15(30)27-19-26-13(8-35-19)10-3-4-14(12(22)5-10)34-9-21(23,24)25/h3-5,7-8H,6,9H2,1-2H3,(H,26,27,30). The number of amides is 1. The Kier molecular flexibility index (Phi) is 6.60. The van der Waals surface area contributed by atoms with Gasteiger partial charge in [0.05, 0.1) is 22.9 Å². The van der Waals surface area contributed by atoms with Gasteiger partial charge in [0, 0.05) is 30.6 Å². The third-order valence-electron chi connectivity index (χ3n) is 4.97. The lowest BCUT2D eigenvalue weighted by molar-refractivity contribution is -0.153. The summed E-state index contributed by atoms with van der Waals surface area (Å²) in [6, 6.07) is 4.50. The molecule has 0 aliphatic heterocycles. The second kappa shape index (κ2) is 9.34. The first-order valence-corrected chi connectivity index (χ1v) is 11.5. The molecule has 1 aromatic carbocycles. The van der Waals surface area contributed by atoms with Crippen LogP contribution in [-0.4, -0.2) is 32.8 Å². The molecule has 3 heterocycles. The molecule has 0 aliphatic rings. The molecule has 0 unspecified atom stereocenters. The number of carbonyl (C=O) groups is 1. The molecule has 0 radical (unpaired) electrons. The van der Waals surface area contributed by atoms with E-state index in [1.165, 1.54) is 31.0 Å². The zero-order valence-electron chi connectivity index (χ0n) is 18.1. The van der Waals surface area contributed by atoms with Crippen LogP contribution < -0.4 is 21.3 Å². The number of aromatic nitrogens is 3. The maximum Gasteiger partial charge on any atom is 0.422 e. The van der Waals surface area contributed by atoms with Crippen molar-refractivity contribution in [2.24, 2.45) is 14.1 Å². The Labute approximate surface area is 206 Å². The van der Waals surface area contributed by atoms with E-state index in [1.807, 2.05) is 0 Å². The van der Waals surface area contributed by atoms with Crippen LogP contribution in [-0.2, 0) is 25.3 Å². The molecule has 4 rings (SSSR count). The largest absolute Gasteiger partial charge is 0.483 e. The van der Waals surface area contributed by atoms with Crippen molar-refractivity contribution in [3.8, 4) is 17.0 Å². The third kappa shape index (κ3) is 5.17. The van der Waals surface area contributed by atoms with E-state index in [-0.39, 0.29) is 28.4 Å². The molecule has 0 fully saturated rings. The highest BCUT2D eigenvalue weighted by molar-refractivity contribution is 9.10. The van der Waals surface area contributed by atoms with Crippen LogP contribution >= 0.6 is 27.3 Å². The summed E-state index contributed by atoms with van der Waals surface area (Å²) in [6.45, 7) is -1.41. The number of anilines is 1. The van der Waals surface area contributed by atoms with Crippen LogP contribution in [0.4, 0.5) is 18.3 Å². The van der Waals surface area contributed by atoms with E-state index in [9.17, 15) is 27.6 Å². The van der Waals surface area contributed by atoms with Crippen molar-refractivity contribution in [3.05, 3.63) is 60.7 Å². The summed E-state index contributed by atoms with van der Waals surface area (Å²) >= 11 is 4.34. The van der Waals surface area contributed by atoms with Crippen molar-refractivity contribution in [2.75, 3.05) is 11.9 Å². The monoisotopic (exact) mass is 572 g/mol. The van der Waals surface area contributed by atoms with E-state index in [0.29, 0.717) is 21.3 Å². The van der Waals surface area contributed by atoms with Gasteiger partial charge in [-0.1, -0.05) is 0 Å². The number of alkyl halides is 3. The Hall–Kier alpha value is -3.39. The molecule has 35 heavy (non-hydrogen) atoms. The molecule has 184 valence electrons. The summed E-state index contributed by atoms with van der Waals surface area (Å²) < 4.78 is 49.7. The molecule has 9 nitrogen and oxygen atoms in total. The Bertz CT molecular complexity index is 1550. The fourth-order valence-corrected chi connectivity index (χ4v) is 4.52. The van der Waals surface area contributed by atoms with E-state index in [4.69, 9.17) is 9.15 Å².